The Morgan fingerprint density at radius 2 is 1.83 bits per heavy atom. The molecule has 2 saturated heterocycles. The molecule has 14 heteroatoms. The van der Waals surface area contributed by atoms with Gasteiger partial charge in [0, 0.05) is 42.6 Å². The maximum absolute atomic E-state index is 13.6. The Hall–Kier alpha value is -4.82. The van der Waals surface area contributed by atoms with Crippen molar-refractivity contribution in [1.29, 1.82) is 0 Å². The molecule has 214 valence electrons. The number of carbonyl (C=O) groups is 4. The van der Waals surface area contributed by atoms with Crippen LogP contribution in [0.4, 0.5) is 17.1 Å². The number of nitrogens with zero attached hydrogens (tertiary/aromatic N) is 3. The fraction of sp³-hybridized carbons (Fsp3) is 0.333. The van der Waals surface area contributed by atoms with Crippen LogP contribution >= 0.6 is 0 Å². The molecule has 3 amide bonds. The van der Waals surface area contributed by atoms with E-state index in [2.05, 4.69) is 20.0 Å². The van der Waals surface area contributed by atoms with Crippen molar-refractivity contribution in [3.05, 3.63) is 58.6 Å². The zero-order valence-corrected chi connectivity index (χ0v) is 22.2. The van der Waals surface area contributed by atoms with E-state index < -0.39 is 35.7 Å². The number of aromatic nitrogens is 2. The molecule has 2 atom stereocenters. The van der Waals surface area contributed by atoms with Crippen LogP contribution in [0.2, 0.25) is 0 Å². The Labute approximate surface area is 233 Å². The molecule has 1 aromatic heterocycles. The van der Waals surface area contributed by atoms with E-state index in [9.17, 15) is 24.0 Å². The summed E-state index contributed by atoms with van der Waals surface area (Å²) in [6, 6.07) is 11.7. The summed E-state index contributed by atoms with van der Waals surface area (Å²) < 4.78 is 20.7. The van der Waals surface area contributed by atoms with Crippen molar-refractivity contribution in [2.75, 3.05) is 48.0 Å². The zero-order valence-electron chi connectivity index (χ0n) is 22.2. The summed E-state index contributed by atoms with van der Waals surface area (Å²) in [5, 5.41) is 6.33. The Kier molecular flexibility index (Phi) is 7.94. The molecule has 5 rings (SSSR count). The second kappa shape index (κ2) is 11.7. The first kappa shape index (κ1) is 27.7. The number of esters is 1. The summed E-state index contributed by atoms with van der Waals surface area (Å²) in [6.45, 7) is 3.89. The SMILES string of the molecule is CC(=O)OC(C(=O)Nc1ccc(-c2noc(=O)[nH]2)c(C)c1)[C@H]1OCCN(c2cccc(N3CCOCC3=O)c2)C1=O. The summed E-state index contributed by atoms with van der Waals surface area (Å²) in [6.07, 6.45) is -3.00. The van der Waals surface area contributed by atoms with E-state index in [4.69, 9.17) is 14.2 Å². The van der Waals surface area contributed by atoms with E-state index in [1.165, 1.54) is 4.90 Å². The van der Waals surface area contributed by atoms with Crippen molar-refractivity contribution in [3.8, 4) is 11.4 Å². The maximum Gasteiger partial charge on any atom is 0.439 e. The molecule has 0 bridgehead atoms. The van der Waals surface area contributed by atoms with E-state index in [1.54, 1.807) is 54.3 Å². The van der Waals surface area contributed by atoms with E-state index in [-0.39, 0.29) is 31.5 Å². The van der Waals surface area contributed by atoms with Crippen LogP contribution in [0, 0.1) is 6.92 Å². The Morgan fingerprint density at radius 1 is 1.07 bits per heavy atom. The highest BCUT2D eigenvalue weighted by atomic mass is 16.6. The molecule has 2 fully saturated rings. The predicted octanol–water partition coefficient (Wildman–Crippen LogP) is 1.00. The topological polar surface area (TPSA) is 173 Å². The highest BCUT2D eigenvalue weighted by molar-refractivity contribution is 6.05. The van der Waals surface area contributed by atoms with E-state index in [0.717, 1.165) is 6.92 Å². The first-order valence-electron chi connectivity index (χ1n) is 12.8. The standard InChI is InChI=1S/C27H27N5O9/c1-15-12-17(6-7-20(15)24-29-27(37)41-30-24)28-25(35)22(40-16(2)33)23-26(36)32(9-11-39-23)19-5-3-4-18(13-19)31-8-10-38-14-21(31)34/h3-7,12-13,22-23H,8-11,14H2,1-2H3,(H,28,35)(H,29,30,37)/t22?,23-/m1/s1. The number of anilines is 3. The molecule has 0 saturated carbocycles. The number of amides is 3. The zero-order chi connectivity index (χ0) is 29.1. The number of rotatable bonds is 7. The monoisotopic (exact) mass is 565 g/mol. The van der Waals surface area contributed by atoms with Gasteiger partial charge >= 0.3 is 11.7 Å². The minimum atomic E-state index is -1.58. The van der Waals surface area contributed by atoms with E-state index in [1.807, 2.05) is 0 Å². The van der Waals surface area contributed by atoms with Crippen LogP contribution in [0.1, 0.15) is 12.5 Å². The average molecular weight is 566 g/mol. The van der Waals surface area contributed by atoms with Gasteiger partial charge in [-0.25, -0.2) is 4.79 Å². The number of morpholine rings is 2. The van der Waals surface area contributed by atoms with Gasteiger partial charge in [0.2, 0.25) is 6.10 Å². The molecule has 2 aliphatic rings. The van der Waals surface area contributed by atoms with Gasteiger partial charge in [0.1, 0.15) is 6.61 Å². The normalized spacial score (nSPS) is 18.2. The van der Waals surface area contributed by atoms with Crippen LogP contribution in [-0.2, 0) is 33.4 Å². The van der Waals surface area contributed by atoms with Gasteiger partial charge in [-0.2, -0.15) is 0 Å². The lowest BCUT2D eigenvalue weighted by Crippen LogP contribution is -2.56. The molecule has 1 unspecified atom stereocenters. The lowest BCUT2D eigenvalue weighted by atomic mass is 10.1. The summed E-state index contributed by atoms with van der Waals surface area (Å²) in [4.78, 5) is 68.0. The van der Waals surface area contributed by atoms with Crippen molar-refractivity contribution in [3.63, 3.8) is 0 Å². The van der Waals surface area contributed by atoms with Gasteiger partial charge in [0.05, 0.1) is 13.2 Å². The highest BCUT2D eigenvalue weighted by Crippen LogP contribution is 2.28. The number of H-pyrrole nitrogens is 1. The number of aryl methyl sites for hydroxylation is 1. The largest absolute Gasteiger partial charge is 0.449 e. The van der Waals surface area contributed by atoms with Crippen molar-refractivity contribution >= 4 is 40.8 Å². The summed E-state index contributed by atoms with van der Waals surface area (Å²) in [5.41, 5.74) is 2.69. The van der Waals surface area contributed by atoms with Crippen molar-refractivity contribution in [1.82, 2.24) is 10.1 Å². The van der Waals surface area contributed by atoms with Gasteiger partial charge < -0.3 is 29.3 Å². The van der Waals surface area contributed by atoms with Crippen LogP contribution in [0.5, 0.6) is 0 Å². The fourth-order valence-electron chi connectivity index (χ4n) is 4.70. The minimum absolute atomic E-state index is 0.0239. The number of nitrogens with one attached hydrogen (secondary N) is 2. The summed E-state index contributed by atoms with van der Waals surface area (Å²) >= 11 is 0. The summed E-state index contributed by atoms with van der Waals surface area (Å²) in [5.74, 6) is -2.78. The van der Waals surface area contributed by atoms with Crippen LogP contribution in [0.25, 0.3) is 11.4 Å². The number of aromatic amines is 1. The number of benzene rings is 2. The fourth-order valence-corrected chi connectivity index (χ4v) is 4.70. The third-order valence-corrected chi connectivity index (χ3v) is 6.58. The Bertz CT molecular complexity index is 1550. The Morgan fingerprint density at radius 3 is 2.51 bits per heavy atom. The van der Waals surface area contributed by atoms with Crippen molar-refractivity contribution in [2.45, 2.75) is 26.1 Å². The molecule has 2 aromatic carbocycles. The predicted molar refractivity (Wildman–Crippen MR) is 143 cm³/mol. The van der Waals surface area contributed by atoms with Crippen molar-refractivity contribution < 1.29 is 37.9 Å². The molecule has 2 aliphatic heterocycles. The van der Waals surface area contributed by atoms with Crippen LogP contribution in [0.3, 0.4) is 0 Å². The molecule has 3 heterocycles. The molecular formula is C27H27N5O9. The van der Waals surface area contributed by atoms with Gasteiger partial charge in [-0.15, -0.1) is 0 Å². The molecular weight excluding hydrogens is 538 g/mol. The van der Waals surface area contributed by atoms with Crippen LogP contribution in [-0.4, -0.2) is 78.9 Å². The quantitative estimate of drug-likeness (QED) is 0.394. The molecule has 41 heavy (non-hydrogen) atoms. The first-order valence-corrected chi connectivity index (χ1v) is 12.8. The molecule has 0 radical (unpaired) electrons. The van der Waals surface area contributed by atoms with Crippen LogP contribution < -0.4 is 20.9 Å². The van der Waals surface area contributed by atoms with Gasteiger partial charge in [0.25, 0.3) is 17.7 Å². The minimum Gasteiger partial charge on any atom is -0.449 e. The summed E-state index contributed by atoms with van der Waals surface area (Å²) in [7, 11) is 0. The highest BCUT2D eigenvalue weighted by Gasteiger charge is 2.42. The average Bonchev–Trinajstić information content (AvgIpc) is 3.38. The van der Waals surface area contributed by atoms with Crippen LogP contribution in [0.15, 0.2) is 51.8 Å². The molecule has 2 N–H and O–H groups in total. The van der Waals surface area contributed by atoms with Gasteiger partial charge in [-0.1, -0.05) is 11.2 Å². The lowest BCUT2D eigenvalue weighted by molar-refractivity contribution is -0.167. The lowest BCUT2D eigenvalue weighted by Gasteiger charge is -2.35. The molecule has 0 spiro atoms. The van der Waals surface area contributed by atoms with E-state index >= 15 is 0 Å². The number of carbonyl (C=O) groups excluding carboxylic acids is 4. The van der Waals surface area contributed by atoms with Gasteiger partial charge in [-0.3, -0.25) is 28.7 Å². The van der Waals surface area contributed by atoms with E-state index in [0.29, 0.717) is 41.3 Å². The smallest absolute Gasteiger partial charge is 0.439 e. The maximum atomic E-state index is 13.6. The van der Waals surface area contributed by atoms with Gasteiger partial charge in [-0.05, 0) is 48.9 Å². The molecule has 14 nitrogen and oxygen atoms in total. The number of hydrogen-bond donors (Lipinski definition) is 2. The van der Waals surface area contributed by atoms with Gasteiger partial charge in [0.15, 0.2) is 11.9 Å². The molecule has 3 aromatic rings. The Balaban J connectivity index is 1.35. The van der Waals surface area contributed by atoms with Crippen molar-refractivity contribution in [2.24, 2.45) is 0 Å². The first-order chi connectivity index (χ1) is 19.7. The molecule has 0 aliphatic carbocycles. The number of hydrogen-bond acceptors (Lipinski definition) is 10. The third-order valence-electron chi connectivity index (χ3n) is 6.58. The second-order valence-electron chi connectivity index (χ2n) is 9.39. The number of ether oxygens (including phenoxy) is 3. The third kappa shape index (κ3) is 6.02. The second-order valence-corrected chi connectivity index (χ2v) is 9.39.